The van der Waals surface area contributed by atoms with E-state index in [0.717, 1.165) is 16.9 Å². The molecule has 1 N–H and O–H groups in total. The molecule has 8 nitrogen and oxygen atoms in total. The van der Waals surface area contributed by atoms with E-state index in [2.05, 4.69) is 22.1 Å². The van der Waals surface area contributed by atoms with Crippen LogP contribution in [0.5, 0.6) is 0 Å². The predicted molar refractivity (Wildman–Crippen MR) is 119 cm³/mol. The van der Waals surface area contributed by atoms with Crippen molar-refractivity contribution in [3.8, 4) is 0 Å². The smallest absolute Gasteiger partial charge is 0.339 e. The second-order valence-electron chi connectivity index (χ2n) is 7.69. The Hall–Kier alpha value is -3.68. The van der Waals surface area contributed by atoms with Gasteiger partial charge in [0.1, 0.15) is 5.82 Å². The Morgan fingerprint density at radius 2 is 1.71 bits per heavy atom. The van der Waals surface area contributed by atoms with Crippen molar-refractivity contribution in [1.29, 1.82) is 0 Å². The van der Waals surface area contributed by atoms with Gasteiger partial charge in [-0.05, 0) is 38.1 Å². The van der Waals surface area contributed by atoms with Gasteiger partial charge in [-0.25, -0.2) is 14.6 Å². The Bertz CT molecular complexity index is 1120. The van der Waals surface area contributed by atoms with Crippen LogP contribution in [0.4, 0.5) is 16.3 Å². The number of rotatable bonds is 3. The second-order valence-corrected chi connectivity index (χ2v) is 7.69. The third-order valence-corrected chi connectivity index (χ3v) is 5.55. The van der Waals surface area contributed by atoms with Crippen molar-refractivity contribution in [3.05, 3.63) is 60.3 Å². The number of hydrogen-bond acceptors (Lipinski definition) is 6. The van der Waals surface area contributed by atoms with Gasteiger partial charge in [-0.3, -0.25) is 4.98 Å². The van der Waals surface area contributed by atoms with E-state index in [-0.39, 0.29) is 18.1 Å². The number of methoxy groups -OCH3 is 1. The van der Waals surface area contributed by atoms with Gasteiger partial charge in [0.05, 0.1) is 35.6 Å². The van der Waals surface area contributed by atoms with Gasteiger partial charge in [-0.1, -0.05) is 24.3 Å². The van der Waals surface area contributed by atoms with E-state index in [1.807, 2.05) is 31.2 Å². The summed E-state index contributed by atoms with van der Waals surface area (Å²) in [5.41, 5.74) is 2.46. The molecule has 2 atom stereocenters. The molecule has 0 saturated carbocycles. The summed E-state index contributed by atoms with van der Waals surface area (Å²) in [6, 6.07) is 14.3. The molecule has 2 aromatic carbocycles. The molecule has 4 rings (SSSR count). The van der Waals surface area contributed by atoms with E-state index in [0.29, 0.717) is 24.3 Å². The van der Waals surface area contributed by atoms with E-state index >= 15 is 0 Å². The molecule has 0 spiro atoms. The Kier molecular flexibility index (Phi) is 5.70. The first-order valence-electron chi connectivity index (χ1n) is 10.2. The van der Waals surface area contributed by atoms with Gasteiger partial charge < -0.3 is 19.9 Å². The van der Waals surface area contributed by atoms with Crippen molar-refractivity contribution in [2.75, 3.05) is 30.4 Å². The van der Waals surface area contributed by atoms with Gasteiger partial charge in [0.2, 0.25) is 0 Å². The van der Waals surface area contributed by atoms with Crippen molar-refractivity contribution in [2.45, 2.75) is 25.9 Å². The van der Waals surface area contributed by atoms with Gasteiger partial charge in [0.15, 0.2) is 0 Å². The SMILES string of the molecule is COC(=O)c1ccccc1NC(=O)N1C[C@H](C)N(c2cnc3ccccc3n2)C[C@H]1C. The molecule has 2 heterocycles. The number of amides is 2. The lowest BCUT2D eigenvalue weighted by Gasteiger charge is -2.44. The Balaban J connectivity index is 1.50. The number of hydrogen-bond donors (Lipinski definition) is 1. The molecule has 1 aliphatic rings. The van der Waals surface area contributed by atoms with Gasteiger partial charge in [-0.15, -0.1) is 0 Å². The minimum atomic E-state index is -0.489. The molecule has 8 heteroatoms. The highest BCUT2D eigenvalue weighted by Gasteiger charge is 2.33. The van der Waals surface area contributed by atoms with Gasteiger partial charge in [0.25, 0.3) is 0 Å². The number of anilines is 2. The van der Waals surface area contributed by atoms with Crippen LogP contribution in [0.3, 0.4) is 0 Å². The predicted octanol–water partition coefficient (Wildman–Crippen LogP) is 3.55. The minimum Gasteiger partial charge on any atom is -0.465 e. The van der Waals surface area contributed by atoms with E-state index in [9.17, 15) is 9.59 Å². The zero-order valence-electron chi connectivity index (χ0n) is 17.8. The number of aromatic nitrogens is 2. The lowest BCUT2D eigenvalue weighted by molar-refractivity contribution is 0.0602. The molecule has 0 aliphatic carbocycles. The number of para-hydroxylation sites is 3. The number of fused-ring (bicyclic) bond motifs is 1. The molecule has 0 radical (unpaired) electrons. The fourth-order valence-electron chi connectivity index (χ4n) is 3.88. The largest absolute Gasteiger partial charge is 0.465 e. The molecule has 2 amide bonds. The number of urea groups is 1. The average molecular weight is 419 g/mol. The number of piperazine rings is 1. The first kappa shape index (κ1) is 20.6. The number of ether oxygens (including phenoxy) is 1. The lowest BCUT2D eigenvalue weighted by atomic mass is 10.1. The summed E-state index contributed by atoms with van der Waals surface area (Å²) in [5, 5.41) is 2.86. The molecule has 160 valence electrons. The molecule has 0 bridgehead atoms. The average Bonchev–Trinajstić information content (AvgIpc) is 2.79. The number of carbonyl (C=O) groups excluding carboxylic acids is 2. The molecule has 0 unspecified atom stereocenters. The fourth-order valence-corrected chi connectivity index (χ4v) is 3.88. The summed E-state index contributed by atoms with van der Waals surface area (Å²) in [4.78, 5) is 38.2. The van der Waals surface area contributed by atoms with E-state index in [4.69, 9.17) is 9.72 Å². The third kappa shape index (κ3) is 4.14. The van der Waals surface area contributed by atoms with Crippen molar-refractivity contribution in [2.24, 2.45) is 0 Å². The summed E-state index contributed by atoms with van der Waals surface area (Å²) >= 11 is 0. The quantitative estimate of drug-likeness (QED) is 0.654. The maximum atomic E-state index is 13.0. The number of carbonyl (C=O) groups is 2. The maximum Gasteiger partial charge on any atom is 0.339 e. The second kappa shape index (κ2) is 8.59. The summed E-state index contributed by atoms with van der Waals surface area (Å²) in [6.45, 7) is 5.20. The van der Waals surface area contributed by atoms with Crippen LogP contribution in [-0.4, -0.2) is 59.2 Å². The minimum absolute atomic E-state index is 0.0493. The van der Waals surface area contributed by atoms with Gasteiger partial charge >= 0.3 is 12.0 Å². The maximum absolute atomic E-state index is 13.0. The molecule has 1 saturated heterocycles. The normalized spacial score (nSPS) is 18.7. The van der Waals surface area contributed by atoms with Crippen LogP contribution < -0.4 is 10.2 Å². The van der Waals surface area contributed by atoms with Crippen LogP contribution in [0.25, 0.3) is 11.0 Å². The van der Waals surface area contributed by atoms with Gasteiger partial charge in [-0.2, -0.15) is 0 Å². The Morgan fingerprint density at radius 1 is 1.00 bits per heavy atom. The first-order chi connectivity index (χ1) is 15.0. The highest BCUT2D eigenvalue weighted by atomic mass is 16.5. The monoisotopic (exact) mass is 419 g/mol. The van der Waals surface area contributed by atoms with E-state index < -0.39 is 5.97 Å². The standard InChI is InChI=1S/C23H25N5O3/c1-15-14-28(23(30)26-18-9-5-4-8-17(18)22(29)31-3)16(2)13-27(15)21-12-24-19-10-6-7-11-20(19)25-21/h4-12,15-16H,13-14H2,1-3H3,(H,26,30)/t15-,16+/m0/s1. The van der Waals surface area contributed by atoms with Crippen molar-refractivity contribution in [1.82, 2.24) is 14.9 Å². The van der Waals surface area contributed by atoms with Crippen LogP contribution in [0.2, 0.25) is 0 Å². The van der Waals surface area contributed by atoms with Crippen LogP contribution in [-0.2, 0) is 4.74 Å². The lowest BCUT2D eigenvalue weighted by Crippen LogP contribution is -2.59. The fraction of sp³-hybridized carbons (Fsp3) is 0.304. The molecule has 1 fully saturated rings. The van der Waals surface area contributed by atoms with Crippen molar-refractivity contribution >= 4 is 34.5 Å². The van der Waals surface area contributed by atoms with Crippen LogP contribution in [0, 0.1) is 0 Å². The molecular formula is C23H25N5O3. The summed E-state index contributed by atoms with van der Waals surface area (Å²) < 4.78 is 4.81. The van der Waals surface area contributed by atoms with Crippen molar-refractivity contribution in [3.63, 3.8) is 0 Å². The van der Waals surface area contributed by atoms with Crippen LogP contribution in [0.1, 0.15) is 24.2 Å². The van der Waals surface area contributed by atoms with Gasteiger partial charge in [0, 0.05) is 25.2 Å². The summed E-state index contributed by atoms with van der Waals surface area (Å²) in [6.07, 6.45) is 1.79. The summed E-state index contributed by atoms with van der Waals surface area (Å²) in [5.74, 6) is 0.311. The molecule has 1 aliphatic heterocycles. The molecule has 1 aromatic heterocycles. The number of nitrogens with one attached hydrogen (secondary N) is 1. The Labute approximate surface area is 180 Å². The number of benzene rings is 2. The highest BCUT2D eigenvalue weighted by molar-refractivity contribution is 6.00. The van der Waals surface area contributed by atoms with Crippen molar-refractivity contribution < 1.29 is 14.3 Å². The molecule has 3 aromatic rings. The highest BCUT2D eigenvalue weighted by Crippen LogP contribution is 2.24. The molecular weight excluding hydrogens is 394 g/mol. The van der Waals surface area contributed by atoms with E-state index in [1.54, 1.807) is 35.4 Å². The number of nitrogens with zero attached hydrogens (tertiary/aromatic N) is 4. The Morgan fingerprint density at radius 3 is 2.48 bits per heavy atom. The zero-order chi connectivity index (χ0) is 22.0. The number of esters is 1. The third-order valence-electron chi connectivity index (χ3n) is 5.55. The summed E-state index contributed by atoms with van der Waals surface area (Å²) in [7, 11) is 1.32. The zero-order valence-corrected chi connectivity index (χ0v) is 17.8. The van der Waals surface area contributed by atoms with Crippen LogP contribution >= 0.6 is 0 Å². The topological polar surface area (TPSA) is 87.7 Å². The van der Waals surface area contributed by atoms with Crippen LogP contribution in [0.15, 0.2) is 54.7 Å². The first-order valence-corrected chi connectivity index (χ1v) is 10.2. The van der Waals surface area contributed by atoms with E-state index in [1.165, 1.54) is 7.11 Å². The molecule has 31 heavy (non-hydrogen) atoms.